The van der Waals surface area contributed by atoms with Crippen molar-refractivity contribution in [3.8, 4) is 11.4 Å². The highest BCUT2D eigenvalue weighted by atomic mass is 35.5. The van der Waals surface area contributed by atoms with Crippen molar-refractivity contribution < 1.29 is 13.7 Å². The standard InChI is InChI=1S/C17H13ClFN3O2/c18-14-7-2-1-6-13(14)17-21-16(24-22-17)9-8-15(23)20-12-5-3-4-11(19)10-12/h1-7,10H,8-9H2,(H,20,23). The molecule has 1 N–H and O–H groups in total. The number of hydrogen-bond donors (Lipinski definition) is 1. The van der Waals surface area contributed by atoms with E-state index in [4.69, 9.17) is 16.1 Å². The highest BCUT2D eigenvalue weighted by Crippen LogP contribution is 2.25. The van der Waals surface area contributed by atoms with Crippen LogP contribution >= 0.6 is 11.6 Å². The molecule has 0 aliphatic carbocycles. The van der Waals surface area contributed by atoms with Gasteiger partial charge in [0.15, 0.2) is 0 Å². The Morgan fingerprint density at radius 1 is 1.21 bits per heavy atom. The molecule has 122 valence electrons. The number of aryl methyl sites for hydroxylation is 1. The lowest BCUT2D eigenvalue weighted by atomic mass is 10.2. The first-order valence-corrected chi connectivity index (χ1v) is 7.62. The summed E-state index contributed by atoms with van der Waals surface area (Å²) in [7, 11) is 0. The van der Waals surface area contributed by atoms with Crippen molar-refractivity contribution in [3.63, 3.8) is 0 Å². The molecule has 3 aromatic rings. The third-order valence-corrected chi connectivity index (χ3v) is 3.59. The lowest BCUT2D eigenvalue weighted by Crippen LogP contribution is -2.12. The predicted octanol–water partition coefficient (Wildman–Crippen LogP) is 4.10. The van der Waals surface area contributed by atoms with Crippen LogP contribution in [0.2, 0.25) is 5.02 Å². The summed E-state index contributed by atoms with van der Waals surface area (Å²) in [5.74, 6) is 0.0348. The van der Waals surface area contributed by atoms with E-state index in [1.807, 2.05) is 12.1 Å². The van der Waals surface area contributed by atoms with E-state index in [0.717, 1.165) is 0 Å². The van der Waals surface area contributed by atoms with Crippen LogP contribution in [0, 0.1) is 5.82 Å². The van der Waals surface area contributed by atoms with Crippen molar-refractivity contribution in [3.05, 3.63) is 65.3 Å². The summed E-state index contributed by atoms with van der Waals surface area (Å²) in [5.41, 5.74) is 1.07. The number of carbonyl (C=O) groups excluding carboxylic acids is 1. The minimum atomic E-state index is -0.408. The summed E-state index contributed by atoms with van der Waals surface area (Å²) in [4.78, 5) is 16.1. The van der Waals surface area contributed by atoms with Gasteiger partial charge in [-0.2, -0.15) is 4.98 Å². The number of hydrogen-bond acceptors (Lipinski definition) is 4. The molecule has 0 fully saturated rings. The summed E-state index contributed by atoms with van der Waals surface area (Å²) >= 11 is 6.08. The van der Waals surface area contributed by atoms with Crippen molar-refractivity contribution in [2.75, 3.05) is 5.32 Å². The van der Waals surface area contributed by atoms with Crippen molar-refractivity contribution in [2.24, 2.45) is 0 Å². The summed E-state index contributed by atoms with van der Waals surface area (Å²) < 4.78 is 18.2. The zero-order chi connectivity index (χ0) is 16.9. The molecular formula is C17H13ClFN3O2. The molecule has 5 nitrogen and oxygen atoms in total. The molecule has 1 heterocycles. The number of carbonyl (C=O) groups is 1. The number of halogens is 2. The Hall–Kier alpha value is -2.73. The zero-order valence-corrected chi connectivity index (χ0v) is 13.3. The van der Waals surface area contributed by atoms with Gasteiger partial charge >= 0.3 is 0 Å². The largest absolute Gasteiger partial charge is 0.339 e. The Bertz CT molecular complexity index is 866. The Labute approximate surface area is 142 Å². The molecule has 0 spiro atoms. The van der Waals surface area contributed by atoms with Gasteiger partial charge in [0, 0.05) is 24.1 Å². The maximum absolute atomic E-state index is 13.1. The summed E-state index contributed by atoms with van der Waals surface area (Å²) in [6, 6.07) is 12.9. The molecule has 1 amide bonds. The highest BCUT2D eigenvalue weighted by molar-refractivity contribution is 6.33. The van der Waals surface area contributed by atoms with Crippen LogP contribution in [0.15, 0.2) is 53.1 Å². The van der Waals surface area contributed by atoms with E-state index in [9.17, 15) is 9.18 Å². The van der Waals surface area contributed by atoms with Crippen LogP contribution in [-0.2, 0) is 11.2 Å². The van der Waals surface area contributed by atoms with E-state index in [-0.39, 0.29) is 18.7 Å². The number of rotatable bonds is 5. The molecule has 2 aromatic carbocycles. The average Bonchev–Trinajstić information content (AvgIpc) is 3.02. The first kappa shape index (κ1) is 16.1. The molecule has 3 rings (SSSR count). The quantitative estimate of drug-likeness (QED) is 0.756. The van der Waals surface area contributed by atoms with Gasteiger partial charge in [-0.15, -0.1) is 0 Å². The summed E-state index contributed by atoms with van der Waals surface area (Å²) in [6.45, 7) is 0. The van der Waals surface area contributed by atoms with Gasteiger partial charge in [0.25, 0.3) is 0 Å². The third-order valence-electron chi connectivity index (χ3n) is 3.26. The number of anilines is 1. The van der Waals surface area contributed by atoms with Crippen molar-refractivity contribution in [1.29, 1.82) is 0 Å². The molecule has 24 heavy (non-hydrogen) atoms. The molecule has 7 heteroatoms. The molecule has 0 unspecified atom stereocenters. The topological polar surface area (TPSA) is 68.0 Å². The second-order valence-electron chi connectivity index (χ2n) is 5.05. The van der Waals surface area contributed by atoms with E-state index in [1.54, 1.807) is 18.2 Å². The second kappa shape index (κ2) is 7.23. The number of nitrogens with one attached hydrogen (secondary N) is 1. The summed E-state index contributed by atoms with van der Waals surface area (Å²) in [6.07, 6.45) is 0.416. The zero-order valence-electron chi connectivity index (χ0n) is 12.5. The van der Waals surface area contributed by atoms with Gasteiger partial charge < -0.3 is 9.84 Å². The van der Waals surface area contributed by atoms with Crippen LogP contribution in [0.25, 0.3) is 11.4 Å². The van der Waals surface area contributed by atoms with Gasteiger partial charge in [-0.1, -0.05) is 35.0 Å². The van der Waals surface area contributed by atoms with Crippen LogP contribution < -0.4 is 5.32 Å². The van der Waals surface area contributed by atoms with Gasteiger partial charge in [-0.25, -0.2) is 4.39 Å². The lowest BCUT2D eigenvalue weighted by molar-refractivity contribution is -0.116. The lowest BCUT2D eigenvalue weighted by Gasteiger charge is -2.03. The van der Waals surface area contributed by atoms with Crippen LogP contribution in [-0.4, -0.2) is 16.0 Å². The van der Waals surface area contributed by atoms with Crippen molar-refractivity contribution in [1.82, 2.24) is 10.1 Å². The van der Waals surface area contributed by atoms with Crippen LogP contribution in [0.4, 0.5) is 10.1 Å². The maximum Gasteiger partial charge on any atom is 0.227 e. The van der Waals surface area contributed by atoms with E-state index in [1.165, 1.54) is 18.2 Å². The second-order valence-corrected chi connectivity index (χ2v) is 5.46. The Morgan fingerprint density at radius 2 is 2.04 bits per heavy atom. The minimum absolute atomic E-state index is 0.140. The van der Waals surface area contributed by atoms with Gasteiger partial charge in [-0.05, 0) is 30.3 Å². The monoisotopic (exact) mass is 345 g/mol. The molecule has 0 aliphatic heterocycles. The van der Waals surface area contributed by atoms with Gasteiger partial charge in [0.1, 0.15) is 5.82 Å². The molecule has 0 aliphatic rings. The SMILES string of the molecule is O=C(CCc1nc(-c2ccccc2Cl)no1)Nc1cccc(F)c1. The van der Waals surface area contributed by atoms with Gasteiger partial charge in [-0.3, -0.25) is 4.79 Å². The number of benzene rings is 2. The number of amides is 1. The third kappa shape index (κ3) is 3.97. The van der Waals surface area contributed by atoms with Crippen LogP contribution in [0.3, 0.4) is 0 Å². The Kier molecular flexibility index (Phi) is 4.86. The smallest absolute Gasteiger partial charge is 0.227 e. The molecule has 0 saturated carbocycles. The molecule has 0 atom stereocenters. The normalized spacial score (nSPS) is 10.6. The Morgan fingerprint density at radius 3 is 2.83 bits per heavy atom. The van der Waals surface area contributed by atoms with Crippen molar-refractivity contribution >= 4 is 23.2 Å². The van der Waals surface area contributed by atoms with Gasteiger partial charge in [0.05, 0.1) is 5.02 Å². The molecule has 0 saturated heterocycles. The highest BCUT2D eigenvalue weighted by Gasteiger charge is 2.13. The van der Waals surface area contributed by atoms with E-state index in [0.29, 0.717) is 28.0 Å². The summed E-state index contributed by atoms with van der Waals surface area (Å²) in [5, 5.41) is 7.00. The minimum Gasteiger partial charge on any atom is -0.339 e. The van der Waals surface area contributed by atoms with Gasteiger partial charge in [0.2, 0.25) is 17.6 Å². The van der Waals surface area contributed by atoms with Crippen molar-refractivity contribution in [2.45, 2.75) is 12.8 Å². The maximum atomic E-state index is 13.1. The fourth-order valence-corrected chi connectivity index (χ4v) is 2.34. The molecular weight excluding hydrogens is 333 g/mol. The van der Waals surface area contributed by atoms with E-state index >= 15 is 0 Å². The van der Waals surface area contributed by atoms with E-state index in [2.05, 4.69) is 15.5 Å². The molecule has 0 radical (unpaired) electrons. The fraction of sp³-hybridized carbons (Fsp3) is 0.118. The number of aromatic nitrogens is 2. The van der Waals surface area contributed by atoms with Crippen LogP contribution in [0.5, 0.6) is 0 Å². The predicted molar refractivity (Wildman–Crippen MR) is 88.1 cm³/mol. The fourth-order valence-electron chi connectivity index (χ4n) is 2.12. The molecule has 0 bridgehead atoms. The van der Waals surface area contributed by atoms with E-state index < -0.39 is 5.82 Å². The first-order chi connectivity index (χ1) is 11.6. The number of nitrogens with zero attached hydrogens (tertiary/aromatic N) is 2. The average molecular weight is 346 g/mol. The Balaban J connectivity index is 1.59. The molecule has 1 aromatic heterocycles. The first-order valence-electron chi connectivity index (χ1n) is 7.25. The van der Waals surface area contributed by atoms with Crippen LogP contribution in [0.1, 0.15) is 12.3 Å².